The molecule has 0 aliphatic carbocycles. The number of allylic oxidation sites excluding steroid dienone is 1. The second-order valence-corrected chi connectivity index (χ2v) is 2.22. The zero-order chi connectivity index (χ0) is 7.44. The van der Waals surface area contributed by atoms with Crippen molar-refractivity contribution >= 4 is 33.0 Å². The lowest BCUT2D eigenvalue weighted by atomic mass is 9.97. The van der Waals surface area contributed by atoms with Crippen molar-refractivity contribution in [1.82, 2.24) is 0 Å². The van der Waals surface area contributed by atoms with Crippen LogP contribution in [0.15, 0.2) is 12.7 Å². The number of rotatable bonds is 3. The molecule has 0 aromatic carbocycles. The van der Waals surface area contributed by atoms with Crippen molar-refractivity contribution in [3.8, 4) is 0 Å². The van der Waals surface area contributed by atoms with Crippen LogP contribution in [0.4, 0.5) is 0 Å². The molecule has 0 rings (SSSR count). The van der Waals surface area contributed by atoms with Crippen molar-refractivity contribution in [2.45, 2.75) is 13.8 Å². The minimum absolute atomic E-state index is 0. The van der Waals surface area contributed by atoms with Crippen molar-refractivity contribution in [2.75, 3.05) is 0 Å². The Bertz CT molecular complexity index is 126. The fraction of sp³-hybridized carbons (Fsp3) is 0.571. The van der Waals surface area contributed by atoms with Crippen LogP contribution in [-0.2, 0) is 4.79 Å². The van der Waals surface area contributed by atoms with Crippen LogP contribution in [0.25, 0.3) is 0 Å². The maximum absolute atomic E-state index is 10.3. The lowest BCUT2D eigenvalue weighted by molar-refractivity contribution is -0.142. The van der Waals surface area contributed by atoms with Gasteiger partial charge in [0, 0.05) is 0 Å². The fourth-order valence-electron chi connectivity index (χ4n) is 0.429. The lowest BCUT2D eigenvalue weighted by Crippen LogP contribution is -2.15. The maximum Gasteiger partial charge on any atom is 0.306 e. The highest BCUT2D eigenvalue weighted by atomic mass is 32.1. The van der Waals surface area contributed by atoms with Crippen LogP contribution < -0.4 is 0 Å². The maximum atomic E-state index is 10.3. The van der Waals surface area contributed by atoms with E-state index in [1.54, 1.807) is 13.0 Å². The molecule has 0 aliphatic rings. The summed E-state index contributed by atoms with van der Waals surface area (Å²) in [5.41, 5.74) is 0. The smallest absolute Gasteiger partial charge is 0.306 e. The van der Waals surface area contributed by atoms with Gasteiger partial charge in [0.2, 0.25) is 0 Å². The quantitative estimate of drug-likeness (QED) is 0.698. The molecule has 0 aromatic heterocycles. The van der Waals surface area contributed by atoms with Gasteiger partial charge in [0.25, 0.3) is 0 Å². The Balaban J connectivity index is -0.000000320. The largest absolute Gasteiger partial charge is 0.481 e. The minimum atomic E-state index is -0.762. The molecule has 68 valence electrons. The molecular weight excluding hydrogens is 180 g/mol. The highest BCUT2D eigenvalue weighted by Gasteiger charge is 2.15. The van der Waals surface area contributed by atoms with E-state index in [1.165, 1.54) is 0 Å². The first-order valence-corrected chi connectivity index (χ1v) is 2.95. The van der Waals surface area contributed by atoms with E-state index in [0.717, 1.165) is 0 Å². The number of hydrogen-bond donors (Lipinski definition) is 1. The van der Waals surface area contributed by atoms with Crippen LogP contribution in [0.3, 0.4) is 0 Å². The van der Waals surface area contributed by atoms with E-state index < -0.39 is 5.97 Å². The third-order valence-electron chi connectivity index (χ3n) is 1.55. The predicted octanol–water partition coefficient (Wildman–Crippen LogP) is 1.75. The van der Waals surface area contributed by atoms with Crippen molar-refractivity contribution < 1.29 is 9.90 Å². The molecule has 1 unspecified atom stereocenters. The van der Waals surface area contributed by atoms with Crippen LogP contribution in [-0.4, -0.2) is 11.1 Å². The zero-order valence-corrected chi connectivity index (χ0v) is 8.79. The lowest BCUT2D eigenvalue weighted by Gasteiger charge is -2.09. The molecule has 0 fully saturated rings. The Morgan fingerprint density at radius 1 is 1.45 bits per heavy atom. The molecule has 4 heteroatoms. The van der Waals surface area contributed by atoms with Crippen molar-refractivity contribution in [2.24, 2.45) is 11.8 Å². The summed E-state index contributed by atoms with van der Waals surface area (Å²) in [6.07, 6.45) is 1.65. The Kier molecular flexibility index (Phi) is 12.5. The summed E-state index contributed by atoms with van der Waals surface area (Å²) >= 11 is 0. The van der Waals surface area contributed by atoms with Gasteiger partial charge in [-0.1, -0.05) is 19.9 Å². The molecule has 2 nitrogen and oxygen atoms in total. The number of carboxylic acids is 1. The molecule has 0 saturated carbocycles. The molecule has 0 bridgehead atoms. The summed E-state index contributed by atoms with van der Waals surface area (Å²) < 4.78 is 0. The topological polar surface area (TPSA) is 37.3 Å². The second-order valence-electron chi connectivity index (χ2n) is 2.22. The van der Waals surface area contributed by atoms with E-state index in [0.29, 0.717) is 0 Å². The molecule has 0 spiro atoms. The van der Waals surface area contributed by atoms with Crippen molar-refractivity contribution in [3.05, 3.63) is 12.7 Å². The first-order chi connectivity index (χ1) is 4.09. The van der Waals surface area contributed by atoms with Gasteiger partial charge in [0.05, 0.1) is 5.92 Å². The zero-order valence-electron chi connectivity index (χ0n) is 6.79. The number of carbonyl (C=O) groups is 1. The van der Waals surface area contributed by atoms with Crippen LogP contribution >= 0.6 is 27.0 Å². The van der Waals surface area contributed by atoms with Crippen LogP contribution in [0.5, 0.6) is 0 Å². The Morgan fingerprint density at radius 3 is 1.91 bits per heavy atom. The molecule has 0 amide bonds. The molecule has 1 N–H and O–H groups in total. The Hall–Kier alpha value is -0.0900. The normalized spacial score (nSPS) is 13.3. The van der Waals surface area contributed by atoms with Gasteiger partial charge in [-0.25, -0.2) is 0 Å². The van der Waals surface area contributed by atoms with E-state index in [1.807, 2.05) is 6.92 Å². The number of carboxylic acid groups (broad SMARTS) is 1. The van der Waals surface area contributed by atoms with Gasteiger partial charge in [-0.2, -0.15) is 27.0 Å². The van der Waals surface area contributed by atoms with Crippen molar-refractivity contribution in [1.29, 1.82) is 0 Å². The first kappa shape index (κ1) is 17.1. The Labute approximate surface area is 81.6 Å². The van der Waals surface area contributed by atoms with Crippen LogP contribution in [0, 0.1) is 11.8 Å². The third-order valence-corrected chi connectivity index (χ3v) is 1.55. The first-order valence-electron chi connectivity index (χ1n) is 2.95. The summed E-state index contributed by atoms with van der Waals surface area (Å²) in [4.78, 5) is 10.3. The highest BCUT2D eigenvalue weighted by molar-refractivity contribution is 7.59. The van der Waals surface area contributed by atoms with Gasteiger partial charge < -0.3 is 5.11 Å². The van der Waals surface area contributed by atoms with Gasteiger partial charge in [-0.05, 0) is 5.92 Å². The van der Waals surface area contributed by atoms with E-state index in [9.17, 15) is 4.79 Å². The van der Waals surface area contributed by atoms with Gasteiger partial charge >= 0.3 is 5.97 Å². The molecule has 2 atom stereocenters. The minimum Gasteiger partial charge on any atom is -0.481 e. The molecular formula is C7H16O2S2. The van der Waals surface area contributed by atoms with Crippen LogP contribution in [0.1, 0.15) is 13.8 Å². The van der Waals surface area contributed by atoms with Gasteiger partial charge in [-0.3, -0.25) is 4.79 Å². The van der Waals surface area contributed by atoms with Crippen molar-refractivity contribution in [3.63, 3.8) is 0 Å². The number of hydrogen-bond acceptors (Lipinski definition) is 1. The summed E-state index contributed by atoms with van der Waals surface area (Å²) in [5, 5.41) is 8.44. The van der Waals surface area contributed by atoms with E-state index in [2.05, 4.69) is 6.58 Å². The third kappa shape index (κ3) is 6.31. The second kappa shape index (κ2) is 8.01. The standard InChI is InChI=1S/C7H12O2.2H2S/c1-4-5(2)6(3)7(8)9;;/h4-6H,1H2,2-3H3,(H,8,9);2*1H2/t5?,6-;;/m0../s1. The van der Waals surface area contributed by atoms with E-state index in [-0.39, 0.29) is 38.8 Å². The molecule has 11 heavy (non-hydrogen) atoms. The van der Waals surface area contributed by atoms with Crippen LogP contribution in [0.2, 0.25) is 0 Å². The Morgan fingerprint density at radius 2 is 1.82 bits per heavy atom. The monoisotopic (exact) mass is 196 g/mol. The predicted molar refractivity (Wildman–Crippen MR) is 56.9 cm³/mol. The highest BCUT2D eigenvalue weighted by Crippen LogP contribution is 2.10. The average molecular weight is 196 g/mol. The van der Waals surface area contributed by atoms with Gasteiger partial charge in [0.1, 0.15) is 0 Å². The molecule has 0 saturated heterocycles. The number of aliphatic carboxylic acids is 1. The summed E-state index contributed by atoms with van der Waals surface area (Å²) in [5.74, 6) is -1.02. The fourth-order valence-corrected chi connectivity index (χ4v) is 0.429. The molecule has 0 radical (unpaired) electrons. The molecule has 0 aromatic rings. The van der Waals surface area contributed by atoms with Gasteiger partial charge in [0.15, 0.2) is 0 Å². The summed E-state index contributed by atoms with van der Waals surface area (Å²) in [6, 6.07) is 0. The summed E-state index contributed by atoms with van der Waals surface area (Å²) in [6.45, 7) is 7.02. The molecule has 0 aliphatic heterocycles. The average Bonchev–Trinajstić information content (AvgIpc) is 1.84. The molecule has 0 heterocycles. The van der Waals surface area contributed by atoms with Gasteiger partial charge in [-0.15, -0.1) is 6.58 Å². The van der Waals surface area contributed by atoms with E-state index in [4.69, 9.17) is 5.11 Å². The van der Waals surface area contributed by atoms with E-state index >= 15 is 0 Å². The summed E-state index contributed by atoms with van der Waals surface area (Å²) in [7, 11) is 0. The SMILES string of the molecule is C=CC(C)[C@H](C)C(=O)O.S.S.